The highest BCUT2D eigenvalue weighted by Crippen LogP contribution is 2.37. The standard InChI is InChI=1S/C26H26BrN3O6/c1-16-6-5-7-17(10-16)15-36-24-20(27)11-18(12-23(24)35-4)14-28-30-26(32)25(31)29-21-13-19(33-2)8-9-22(21)34-3/h5-14H,15H2,1-4H3,(H,29,31)(H,30,32)/b28-14+. The number of hydrogen-bond acceptors (Lipinski definition) is 7. The number of nitrogens with one attached hydrogen (secondary N) is 2. The van der Waals surface area contributed by atoms with Gasteiger partial charge in [0, 0.05) is 6.07 Å². The average Bonchev–Trinajstić information content (AvgIpc) is 2.87. The van der Waals surface area contributed by atoms with Crippen LogP contribution in [0.25, 0.3) is 0 Å². The minimum absolute atomic E-state index is 0.288. The number of hydrogen-bond donors (Lipinski definition) is 2. The Kier molecular flexibility index (Phi) is 9.29. The number of anilines is 1. The van der Waals surface area contributed by atoms with Crippen molar-refractivity contribution in [3.63, 3.8) is 0 Å². The van der Waals surface area contributed by atoms with E-state index >= 15 is 0 Å². The van der Waals surface area contributed by atoms with Crippen LogP contribution >= 0.6 is 15.9 Å². The van der Waals surface area contributed by atoms with Gasteiger partial charge >= 0.3 is 11.8 Å². The molecule has 3 rings (SSSR count). The molecule has 0 aliphatic heterocycles. The van der Waals surface area contributed by atoms with Crippen molar-refractivity contribution < 1.29 is 28.5 Å². The Morgan fingerprint density at radius 1 is 0.944 bits per heavy atom. The van der Waals surface area contributed by atoms with Gasteiger partial charge in [0.05, 0.1) is 37.7 Å². The maximum Gasteiger partial charge on any atom is 0.329 e. The van der Waals surface area contributed by atoms with Crippen LogP contribution in [0.5, 0.6) is 23.0 Å². The zero-order valence-corrected chi connectivity index (χ0v) is 21.8. The van der Waals surface area contributed by atoms with Crippen molar-refractivity contribution in [2.24, 2.45) is 5.10 Å². The molecule has 0 aliphatic rings. The minimum atomic E-state index is -0.958. The molecule has 0 aliphatic carbocycles. The largest absolute Gasteiger partial charge is 0.497 e. The molecule has 9 nitrogen and oxygen atoms in total. The highest BCUT2D eigenvalue weighted by molar-refractivity contribution is 9.10. The third-order valence-corrected chi connectivity index (χ3v) is 5.55. The molecule has 2 amide bonds. The average molecular weight is 556 g/mol. The van der Waals surface area contributed by atoms with Crippen LogP contribution in [-0.2, 0) is 16.2 Å². The first-order chi connectivity index (χ1) is 17.3. The summed E-state index contributed by atoms with van der Waals surface area (Å²) in [6.07, 6.45) is 1.38. The number of halogens is 1. The topological polar surface area (TPSA) is 107 Å². The first-order valence-corrected chi connectivity index (χ1v) is 11.6. The van der Waals surface area contributed by atoms with Crippen LogP contribution in [0.15, 0.2) is 64.2 Å². The summed E-state index contributed by atoms with van der Waals surface area (Å²) in [5.74, 6) is 0.00885. The molecule has 3 aromatic rings. The molecule has 0 fully saturated rings. The summed E-state index contributed by atoms with van der Waals surface area (Å²) in [4.78, 5) is 24.5. The fourth-order valence-corrected chi connectivity index (χ4v) is 3.79. The second-order valence-electron chi connectivity index (χ2n) is 7.53. The Balaban J connectivity index is 1.64. The van der Waals surface area contributed by atoms with Crippen molar-refractivity contribution in [3.8, 4) is 23.0 Å². The molecule has 0 heterocycles. The van der Waals surface area contributed by atoms with Gasteiger partial charge in [0.1, 0.15) is 18.1 Å². The number of amides is 2. The number of ether oxygens (including phenoxy) is 4. The monoisotopic (exact) mass is 555 g/mol. The SMILES string of the molecule is COc1ccc(OC)c(NC(=O)C(=O)N/N=C/c2cc(Br)c(OCc3cccc(C)c3)c(OC)c2)c1. The van der Waals surface area contributed by atoms with Crippen molar-refractivity contribution >= 4 is 39.6 Å². The maximum absolute atomic E-state index is 12.3. The number of rotatable bonds is 9. The molecule has 0 atom stereocenters. The third-order valence-electron chi connectivity index (χ3n) is 4.96. The Bertz CT molecular complexity index is 1280. The predicted molar refractivity (Wildman–Crippen MR) is 140 cm³/mol. The van der Waals surface area contributed by atoms with E-state index in [1.165, 1.54) is 27.5 Å². The number of carbonyl (C=O) groups excluding carboxylic acids is 2. The number of hydrazone groups is 1. The lowest BCUT2D eigenvalue weighted by molar-refractivity contribution is -0.136. The number of benzene rings is 3. The molecule has 3 aromatic carbocycles. The molecule has 0 spiro atoms. The summed E-state index contributed by atoms with van der Waals surface area (Å²) in [7, 11) is 4.47. The number of aryl methyl sites for hydroxylation is 1. The first-order valence-electron chi connectivity index (χ1n) is 10.8. The molecule has 10 heteroatoms. The van der Waals surface area contributed by atoms with Crippen LogP contribution in [-0.4, -0.2) is 39.4 Å². The van der Waals surface area contributed by atoms with Crippen molar-refractivity contribution in [3.05, 3.63) is 75.8 Å². The van der Waals surface area contributed by atoms with E-state index in [1.54, 1.807) is 30.3 Å². The molecule has 0 saturated carbocycles. The van der Waals surface area contributed by atoms with E-state index in [0.717, 1.165) is 11.1 Å². The molecule has 0 saturated heterocycles. The highest BCUT2D eigenvalue weighted by atomic mass is 79.9. The van der Waals surface area contributed by atoms with Crippen LogP contribution in [0.3, 0.4) is 0 Å². The van der Waals surface area contributed by atoms with Crippen LogP contribution in [0, 0.1) is 6.92 Å². The van der Waals surface area contributed by atoms with E-state index in [0.29, 0.717) is 39.6 Å². The van der Waals surface area contributed by atoms with E-state index in [-0.39, 0.29) is 5.69 Å². The quantitative estimate of drug-likeness (QED) is 0.229. The molecular formula is C26H26BrN3O6. The fraction of sp³-hybridized carbons (Fsp3) is 0.192. The van der Waals surface area contributed by atoms with Crippen molar-refractivity contribution in [2.45, 2.75) is 13.5 Å². The molecular weight excluding hydrogens is 530 g/mol. The van der Waals surface area contributed by atoms with Gasteiger partial charge in [0.15, 0.2) is 11.5 Å². The summed E-state index contributed by atoms with van der Waals surface area (Å²) in [5.41, 5.74) is 5.27. The van der Waals surface area contributed by atoms with Crippen molar-refractivity contribution in [2.75, 3.05) is 26.6 Å². The lowest BCUT2D eigenvalue weighted by Gasteiger charge is -2.14. The molecule has 0 aromatic heterocycles. The summed E-state index contributed by atoms with van der Waals surface area (Å²) < 4.78 is 22.4. The van der Waals surface area contributed by atoms with Crippen molar-refractivity contribution in [1.29, 1.82) is 0 Å². The van der Waals surface area contributed by atoms with Crippen LogP contribution in [0.2, 0.25) is 0 Å². The van der Waals surface area contributed by atoms with Gasteiger partial charge in [-0.3, -0.25) is 9.59 Å². The van der Waals surface area contributed by atoms with Crippen LogP contribution < -0.4 is 29.7 Å². The Hall–Kier alpha value is -4.05. The van der Waals surface area contributed by atoms with E-state index in [4.69, 9.17) is 18.9 Å². The molecule has 0 bridgehead atoms. The smallest absolute Gasteiger partial charge is 0.329 e. The Labute approximate surface area is 217 Å². The summed E-state index contributed by atoms with van der Waals surface area (Å²) in [5, 5.41) is 6.35. The summed E-state index contributed by atoms with van der Waals surface area (Å²) in [6, 6.07) is 16.3. The Morgan fingerprint density at radius 2 is 1.72 bits per heavy atom. The normalized spacial score (nSPS) is 10.6. The van der Waals surface area contributed by atoms with Gasteiger partial charge in [-0.05, 0) is 58.2 Å². The lowest BCUT2D eigenvalue weighted by Crippen LogP contribution is -2.32. The van der Waals surface area contributed by atoms with Crippen molar-refractivity contribution in [1.82, 2.24) is 5.43 Å². The van der Waals surface area contributed by atoms with Gasteiger partial charge in [0.2, 0.25) is 0 Å². The number of carbonyl (C=O) groups is 2. The first kappa shape index (κ1) is 26.6. The van der Waals surface area contributed by atoms with Gasteiger partial charge in [-0.15, -0.1) is 0 Å². The second-order valence-corrected chi connectivity index (χ2v) is 8.39. The van der Waals surface area contributed by atoms with Gasteiger partial charge in [0.25, 0.3) is 0 Å². The van der Waals surface area contributed by atoms with E-state index in [2.05, 4.69) is 31.8 Å². The summed E-state index contributed by atoms with van der Waals surface area (Å²) >= 11 is 3.49. The van der Waals surface area contributed by atoms with Gasteiger partial charge in [-0.2, -0.15) is 5.10 Å². The third kappa shape index (κ3) is 6.98. The zero-order chi connectivity index (χ0) is 26.1. The van der Waals surface area contributed by atoms with Crippen LogP contribution in [0.4, 0.5) is 5.69 Å². The summed E-state index contributed by atoms with van der Waals surface area (Å²) in [6.45, 7) is 2.39. The molecule has 0 unspecified atom stereocenters. The lowest BCUT2D eigenvalue weighted by atomic mass is 10.1. The number of methoxy groups -OCH3 is 3. The highest BCUT2D eigenvalue weighted by Gasteiger charge is 2.16. The minimum Gasteiger partial charge on any atom is -0.497 e. The fourth-order valence-electron chi connectivity index (χ4n) is 3.22. The molecule has 36 heavy (non-hydrogen) atoms. The molecule has 0 radical (unpaired) electrons. The number of nitrogens with zero attached hydrogens (tertiary/aromatic N) is 1. The van der Waals surface area contributed by atoms with Crippen LogP contribution in [0.1, 0.15) is 16.7 Å². The Morgan fingerprint density at radius 3 is 2.42 bits per heavy atom. The van der Waals surface area contributed by atoms with E-state index in [9.17, 15) is 9.59 Å². The molecule has 2 N–H and O–H groups in total. The van der Waals surface area contributed by atoms with E-state index < -0.39 is 11.8 Å². The van der Waals surface area contributed by atoms with Gasteiger partial charge < -0.3 is 24.3 Å². The molecule has 188 valence electrons. The predicted octanol–water partition coefficient (Wildman–Crippen LogP) is 4.45. The zero-order valence-electron chi connectivity index (χ0n) is 20.3. The van der Waals surface area contributed by atoms with E-state index in [1.807, 2.05) is 31.2 Å². The maximum atomic E-state index is 12.3. The van der Waals surface area contributed by atoms with Gasteiger partial charge in [-0.25, -0.2) is 5.43 Å². The van der Waals surface area contributed by atoms with Gasteiger partial charge in [-0.1, -0.05) is 29.8 Å². The second kappa shape index (κ2) is 12.6.